The van der Waals surface area contributed by atoms with Gasteiger partial charge in [0.25, 0.3) is 0 Å². The van der Waals surface area contributed by atoms with Crippen LogP contribution in [0.1, 0.15) is 41.4 Å². The third-order valence-electron chi connectivity index (χ3n) is 3.97. The summed E-state index contributed by atoms with van der Waals surface area (Å²) < 4.78 is 3.17. The molecule has 0 bridgehead atoms. The highest BCUT2D eigenvalue weighted by atomic mass is 79.9. The van der Waals surface area contributed by atoms with Crippen molar-refractivity contribution >= 4 is 15.9 Å². The molecule has 1 aromatic carbocycles. The molecule has 20 heavy (non-hydrogen) atoms. The normalized spacial score (nSPS) is 17.6. The number of rotatable bonds is 1. The molecule has 0 amide bonds. The van der Waals surface area contributed by atoms with E-state index in [-0.39, 0.29) is 6.04 Å². The fourth-order valence-electron chi connectivity index (χ4n) is 3.06. The van der Waals surface area contributed by atoms with E-state index in [1.54, 1.807) is 0 Å². The monoisotopic (exact) mass is 329 g/mol. The van der Waals surface area contributed by atoms with Crippen LogP contribution in [0.2, 0.25) is 0 Å². The number of hydrogen-bond acceptors (Lipinski definition) is 2. The Kier molecular flexibility index (Phi) is 3.41. The highest BCUT2D eigenvalue weighted by molar-refractivity contribution is 9.10. The van der Waals surface area contributed by atoms with E-state index in [1.165, 1.54) is 11.3 Å². The van der Waals surface area contributed by atoms with Crippen molar-refractivity contribution in [2.75, 3.05) is 0 Å². The van der Waals surface area contributed by atoms with Crippen LogP contribution in [-0.2, 0) is 6.42 Å². The van der Waals surface area contributed by atoms with Gasteiger partial charge in [0.2, 0.25) is 0 Å². The lowest BCUT2D eigenvalue weighted by Gasteiger charge is -2.21. The molecular weight excluding hydrogens is 314 g/mol. The topological polar surface area (TPSA) is 54.7 Å². The summed E-state index contributed by atoms with van der Waals surface area (Å²) in [5.74, 6) is 0. The van der Waals surface area contributed by atoms with Gasteiger partial charge in [-0.15, -0.1) is 0 Å². The minimum absolute atomic E-state index is 0.122. The molecule has 1 aliphatic rings. The standard InChI is InChI=1S/C16H16BrN3/c1-10-7-13-14(19)3-2-4-15(13)20(10)16-8-12(17)6-5-11(16)9-18/h5-8,14H,2-4,19H2,1H3. The van der Waals surface area contributed by atoms with Gasteiger partial charge in [-0.3, -0.25) is 0 Å². The zero-order valence-corrected chi connectivity index (χ0v) is 12.9. The number of halogens is 1. The zero-order valence-electron chi connectivity index (χ0n) is 11.4. The average Bonchev–Trinajstić information content (AvgIpc) is 2.76. The molecule has 1 unspecified atom stereocenters. The van der Waals surface area contributed by atoms with Crippen molar-refractivity contribution in [1.29, 1.82) is 5.26 Å². The van der Waals surface area contributed by atoms with E-state index in [0.29, 0.717) is 5.56 Å². The lowest BCUT2D eigenvalue weighted by molar-refractivity contribution is 0.560. The molecule has 2 aromatic rings. The summed E-state index contributed by atoms with van der Waals surface area (Å²) in [5.41, 5.74) is 11.5. The number of benzene rings is 1. The Bertz CT molecular complexity index is 709. The average molecular weight is 330 g/mol. The number of nitrogens with two attached hydrogens (primary N) is 1. The minimum atomic E-state index is 0.122. The van der Waals surface area contributed by atoms with Gasteiger partial charge in [0, 0.05) is 21.9 Å². The van der Waals surface area contributed by atoms with Gasteiger partial charge in [-0.05, 0) is 56.0 Å². The van der Waals surface area contributed by atoms with Crippen LogP contribution < -0.4 is 5.73 Å². The molecule has 1 atom stereocenters. The number of hydrogen-bond donors (Lipinski definition) is 1. The summed E-state index contributed by atoms with van der Waals surface area (Å²) in [6.45, 7) is 2.08. The fourth-order valence-corrected chi connectivity index (χ4v) is 3.41. The Morgan fingerprint density at radius 3 is 2.95 bits per heavy atom. The molecule has 0 spiro atoms. The molecule has 4 heteroatoms. The van der Waals surface area contributed by atoms with Crippen molar-refractivity contribution < 1.29 is 0 Å². The van der Waals surface area contributed by atoms with Gasteiger partial charge in [-0.25, -0.2) is 0 Å². The number of aromatic nitrogens is 1. The first-order chi connectivity index (χ1) is 9.61. The van der Waals surface area contributed by atoms with Crippen molar-refractivity contribution in [3.05, 3.63) is 51.3 Å². The molecule has 3 nitrogen and oxygen atoms in total. The highest BCUT2D eigenvalue weighted by Crippen LogP contribution is 2.34. The van der Waals surface area contributed by atoms with Crippen molar-refractivity contribution in [2.24, 2.45) is 5.73 Å². The number of fused-ring (bicyclic) bond motifs is 1. The van der Waals surface area contributed by atoms with Crippen molar-refractivity contribution in [2.45, 2.75) is 32.2 Å². The van der Waals surface area contributed by atoms with Crippen LogP contribution in [0.3, 0.4) is 0 Å². The second-order valence-corrected chi connectivity index (χ2v) is 6.21. The van der Waals surface area contributed by atoms with Crippen LogP contribution in [-0.4, -0.2) is 4.57 Å². The van der Waals surface area contributed by atoms with Crippen LogP contribution in [0.4, 0.5) is 0 Å². The molecule has 1 aliphatic carbocycles. The van der Waals surface area contributed by atoms with Gasteiger partial charge in [-0.1, -0.05) is 15.9 Å². The SMILES string of the molecule is Cc1cc2c(n1-c1cc(Br)ccc1C#N)CCCC2N. The van der Waals surface area contributed by atoms with Crippen molar-refractivity contribution in [3.63, 3.8) is 0 Å². The summed E-state index contributed by atoms with van der Waals surface area (Å²) in [7, 11) is 0. The van der Waals surface area contributed by atoms with Crippen LogP contribution in [0.5, 0.6) is 0 Å². The smallest absolute Gasteiger partial charge is 0.101 e. The quantitative estimate of drug-likeness (QED) is 0.866. The zero-order chi connectivity index (χ0) is 14.3. The maximum Gasteiger partial charge on any atom is 0.101 e. The van der Waals surface area contributed by atoms with Gasteiger partial charge in [0.05, 0.1) is 11.3 Å². The molecule has 0 saturated carbocycles. The first kappa shape index (κ1) is 13.4. The van der Waals surface area contributed by atoms with E-state index in [1.807, 2.05) is 18.2 Å². The van der Waals surface area contributed by atoms with Crippen molar-refractivity contribution in [3.8, 4) is 11.8 Å². The van der Waals surface area contributed by atoms with Crippen LogP contribution in [0.15, 0.2) is 28.7 Å². The Balaban J connectivity index is 2.26. The number of nitriles is 1. The summed E-state index contributed by atoms with van der Waals surface area (Å²) in [6.07, 6.45) is 3.17. The third-order valence-corrected chi connectivity index (χ3v) is 4.46. The largest absolute Gasteiger partial charge is 0.324 e. The fraction of sp³-hybridized carbons (Fsp3) is 0.312. The molecule has 102 valence electrons. The summed E-state index contributed by atoms with van der Waals surface area (Å²) in [4.78, 5) is 0. The summed E-state index contributed by atoms with van der Waals surface area (Å²) >= 11 is 3.50. The Morgan fingerprint density at radius 1 is 1.40 bits per heavy atom. The van der Waals surface area contributed by atoms with Crippen LogP contribution in [0, 0.1) is 18.3 Å². The lowest BCUT2D eigenvalue weighted by Crippen LogP contribution is -2.18. The Labute approximate surface area is 127 Å². The van der Waals surface area contributed by atoms with E-state index in [0.717, 1.165) is 35.1 Å². The minimum Gasteiger partial charge on any atom is -0.324 e. The second kappa shape index (κ2) is 5.08. The molecule has 2 N–H and O–H groups in total. The van der Waals surface area contributed by atoms with Gasteiger partial charge in [0.1, 0.15) is 6.07 Å². The van der Waals surface area contributed by atoms with Crippen LogP contribution >= 0.6 is 15.9 Å². The number of aryl methyl sites for hydroxylation is 1. The van der Waals surface area contributed by atoms with Gasteiger partial charge in [0.15, 0.2) is 0 Å². The highest BCUT2D eigenvalue weighted by Gasteiger charge is 2.23. The summed E-state index contributed by atoms with van der Waals surface area (Å²) in [5, 5.41) is 9.35. The van der Waals surface area contributed by atoms with E-state index < -0.39 is 0 Å². The number of nitrogens with zero attached hydrogens (tertiary/aromatic N) is 2. The predicted octanol–water partition coefficient (Wildman–Crippen LogP) is 3.76. The molecule has 0 saturated heterocycles. The molecule has 3 rings (SSSR count). The molecule has 1 aromatic heterocycles. The van der Waals surface area contributed by atoms with Crippen molar-refractivity contribution in [1.82, 2.24) is 4.57 Å². The lowest BCUT2D eigenvalue weighted by atomic mass is 9.93. The third kappa shape index (κ3) is 2.07. The van der Waals surface area contributed by atoms with Gasteiger partial charge >= 0.3 is 0 Å². The molecule has 0 fully saturated rings. The summed E-state index contributed by atoms with van der Waals surface area (Å²) in [6, 6.07) is 10.3. The maximum absolute atomic E-state index is 9.35. The first-order valence-corrected chi connectivity index (χ1v) is 7.58. The first-order valence-electron chi connectivity index (χ1n) is 6.78. The maximum atomic E-state index is 9.35. The molecule has 1 heterocycles. The molecule has 0 radical (unpaired) electrons. The predicted molar refractivity (Wildman–Crippen MR) is 82.8 cm³/mol. The van der Waals surface area contributed by atoms with E-state index in [9.17, 15) is 5.26 Å². The van der Waals surface area contributed by atoms with E-state index >= 15 is 0 Å². The van der Waals surface area contributed by atoms with E-state index in [4.69, 9.17) is 5.73 Å². The van der Waals surface area contributed by atoms with Crippen LogP contribution in [0.25, 0.3) is 5.69 Å². The van der Waals surface area contributed by atoms with Gasteiger partial charge in [-0.2, -0.15) is 5.26 Å². The molecule has 0 aliphatic heterocycles. The Morgan fingerprint density at radius 2 is 2.20 bits per heavy atom. The Hall–Kier alpha value is -1.57. The molecular formula is C16H16BrN3. The van der Waals surface area contributed by atoms with Gasteiger partial charge < -0.3 is 10.3 Å². The second-order valence-electron chi connectivity index (χ2n) is 5.30. The van der Waals surface area contributed by atoms with E-state index in [2.05, 4.69) is 39.6 Å².